The van der Waals surface area contributed by atoms with E-state index in [0.717, 1.165) is 52.3 Å². The number of nitrogens with zero attached hydrogens (tertiary/aromatic N) is 4. The SMILES string of the molecule is Cc1nn(C)c(C)c1-c1cc(C(=O)NCCCc2nc3ccccc3[nH]2)[nH]n1. The summed E-state index contributed by atoms with van der Waals surface area (Å²) in [5.41, 5.74) is 6.05. The van der Waals surface area contributed by atoms with Gasteiger partial charge in [0.05, 0.1) is 22.4 Å². The first-order valence-electron chi connectivity index (χ1n) is 9.30. The first-order valence-corrected chi connectivity index (χ1v) is 9.30. The van der Waals surface area contributed by atoms with Crippen LogP contribution in [0.2, 0.25) is 0 Å². The Bertz CT molecular complexity index is 1100. The van der Waals surface area contributed by atoms with Gasteiger partial charge in [-0.3, -0.25) is 14.6 Å². The van der Waals surface area contributed by atoms with E-state index in [0.29, 0.717) is 12.2 Å². The molecule has 1 amide bonds. The average Bonchev–Trinajstić information content (AvgIpc) is 3.36. The zero-order valence-corrected chi connectivity index (χ0v) is 16.2. The smallest absolute Gasteiger partial charge is 0.269 e. The van der Waals surface area contributed by atoms with Gasteiger partial charge in [-0.1, -0.05) is 12.1 Å². The van der Waals surface area contributed by atoms with Crippen LogP contribution in [0.3, 0.4) is 0 Å². The molecule has 0 spiro atoms. The molecule has 8 nitrogen and oxygen atoms in total. The third-order valence-corrected chi connectivity index (χ3v) is 4.90. The van der Waals surface area contributed by atoms with Crippen LogP contribution < -0.4 is 5.32 Å². The molecule has 0 saturated carbocycles. The number of amides is 1. The molecule has 4 aromatic rings. The predicted octanol–water partition coefficient (Wildman–Crippen LogP) is 2.67. The molecule has 0 bridgehead atoms. The quantitative estimate of drug-likeness (QED) is 0.449. The van der Waals surface area contributed by atoms with Crippen LogP contribution in [0, 0.1) is 13.8 Å². The number of aromatic amines is 2. The molecule has 0 unspecified atom stereocenters. The lowest BCUT2D eigenvalue weighted by Crippen LogP contribution is -2.25. The summed E-state index contributed by atoms with van der Waals surface area (Å²) in [6.07, 6.45) is 1.57. The molecular weight excluding hydrogens is 354 g/mol. The number of para-hydroxylation sites is 2. The third kappa shape index (κ3) is 3.40. The number of fused-ring (bicyclic) bond motifs is 1. The highest BCUT2D eigenvalue weighted by Gasteiger charge is 2.17. The molecule has 8 heteroatoms. The third-order valence-electron chi connectivity index (χ3n) is 4.90. The van der Waals surface area contributed by atoms with Crippen molar-refractivity contribution in [3.8, 4) is 11.3 Å². The van der Waals surface area contributed by atoms with E-state index in [1.165, 1.54) is 0 Å². The minimum absolute atomic E-state index is 0.164. The number of hydrogen-bond acceptors (Lipinski definition) is 4. The Balaban J connectivity index is 1.33. The second-order valence-corrected chi connectivity index (χ2v) is 6.90. The summed E-state index contributed by atoms with van der Waals surface area (Å²) in [5, 5.41) is 14.4. The largest absolute Gasteiger partial charge is 0.351 e. The van der Waals surface area contributed by atoms with Crippen molar-refractivity contribution in [2.45, 2.75) is 26.7 Å². The minimum atomic E-state index is -0.164. The molecule has 1 aromatic carbocycles. The molecule has 28 heavy (non-hydrogen) atoms. The van der Waals surface area contributed by atoms with Crippen LogP contribution in [0.5, 0.6) is 0 Å². The van der Waals surface area contributed by atoms with E-state index < -0.39 is 0 Å². The fourth-order valence-electron chi connectivity index (χ4n) is 3.39. The highest BCUT2D eigenvalue weighted by Crippen LogP contribution is 2.25. The fraction of sp³-hybridized carbons (Fsp3) is 0.300. The maximum atomic E-state index is 12.4. The van der Waals surface area contributed by atoms with Gasteiger partial charge in [-0.05, 0) is 38.5 Å². The van der Waals surface area contributed by atoms with E-state index in [9.17, 15) is 4.79 Å². The van der Waals surface area contributed by atoms with E-state index in [1.807, 2.05) is 49.8 Å². The van der Waals surface area contributed by atoms with Crippen molar-refractivity contribution in [2.75, 3.05) is 6.54 Å². The number of rotatable bonds is 6. The van der Waals surface area contributed by atoms with Gasteiger partial charge in [0.2, 0.25) is 0 Å². The Labute approximate surface area is 162 Å². The minimum Gasteiger partial charge on any atom is -0.351 e. The Morgan fingerprint density at radius 2 is 2.07 bits per heavy atom. The average molecular weight is 377 g/mol. The second kappa shape index (κ2) is 7.30. The molecule has 4 rings (SSSR count). The van der Waals surface area contributed by atoms with Gasteiger partial charge in [-0.25, -0.2) is 4.98 Å². The molecule has 0 fully saturated rings. The van der Waals surface area contributed by atoms with Crippen LogP contribution in [-0.2, 0) is 13.5 Å². The van der Waals surface area contributed by atoms with E-state index in [2.05, 4.69) is 30.6 Å². The van der Waals surface area contributed by atoms with Crippen molar-refractivity contribution in [1.29, 1.82) is 0 Å². The molecule has 0 radical (unpaired) electrons. The summed E-state index contributed by atoms with van der Waals surface area (Å²) < 4.78 is 1.82. The summed E-state index contributed by atoms with van der Waals surface area (Å²) in [5.74, 6) is 0.768. The molecule has 0 atom stereocenters. The Morgan fingerprint density at radius 3 is 2.82 bits per heavy atom. The highest BCUT2D eigenvalue weighted by molar-refractivity contribution is 5.93. The lowest BCUT2D eigenvalue weighted by Gasteiger charge is -2.02. The van der Waals surface area contributed by atoms with Crippen molar-refractivity contribution in [3.05, 3.63) is 53.2 Å². The standard InChI is InChI=1S/C20H23N7O/c1-12-19(13(2)27(3)26-12)16-11-17(25-24-16)20(28)21-10-6-9-18-22-14-7-4-5-8-15(14)23-18/h4-5,7-8,11H,6,9-10H2,1-3H3,(H,21,28)(H,22,23)(H,24,25). The Morgan fingerprint density at radius 1 is 1.25 bits per heavy atom. The maximum Gasteiger partial charge on any atom is 0.269 e. The van der Waals surface area contributed by atoms with Gasteiger partial charge in [0.15, 0.2) is 0 Å². The van der Waals surface area contributed by atoms with Gasteiger partial charge in [0.25, 0.3) is 5.91 Å². The van der Waals surface area contributed by atoms with Crippen LogP contribution in [0.4, 0.5) is 0 Å². The van der Waals surface area contributed by atoms with Crippen molar-refractivity contribution in [2.24, 2.45) is 7.05 Å². The van der Waals surface area contributed by atoms with Gasteiger partial charge >= 0.3 is 0 Å². The van der Waals surface area contributed by atoms with Gasteiger partial charge in [-0.2, -0.15) is 10.2 Å². The Hall–Kier alpha value is -3.42. The molecule has 144 valence electrons. The second-order valence-electron chi connectivity index (χ2n) is 6.90. The zero-order valence-electron chi connectivity index (χ0n) is 16.2. The van der Waals surface area contributed by atoms with Crippen LogP contribution in [0.25, 0.3) is 22.3 Å². The molecule has 0 aliphatic carbocycles. The lowest BCUT2D eigenvalue weighted by molar-refractivity contribution is 0.0948. The molecule has 0 saturated heterocycles. The van der Waals surface area contributed by atoms with Gasteiger partial charge in [-0.15, -0.1) is 0 Å². The molecule has 0 aliphatic heterocycles. The van der Waals surface area contributed by atoms with Gasteiger partial charge in [0, 0.05) is 31.3 Å². The van der Waals surface area contributed by atoms with Crippen LogP contribution >= 0.6 is 0 Å². The number of aryl methyl sites for hydroxylation is 3. The Kier molecular flexibility index (Phi) is 4.68. The zero-order chi connectivity index (χ0) is 19.7. The summed E-state index contributed by atoms with van der Waals surface area (Å²) in [4.78, 5) is 20.2. The normalized spacial score (nSPS) is 11.2. The first-order chi connectivity index (χ1) is 13.5. The van der Waals surface area contributed by atoms with Crippen molar-refractivity contribution in [1.82, 2.24) is 35.3 Å². The molecule has 3 aromatic heterocycles. The summed E-state index contributed by atoms with van der Waals surface area (Å²) in [7, 11) is 1.90. The lowest BCUT2D eigenvalue weighted by atomic mass is 10.1. The number of aromatic nitrogens is 6. The van der Waals surface area contributed by atoms with Crippen molar-refractivity contribution in [3.63, 3.8) is 0 Å². The van der Waals surface area contributed by atoms with Crippen molar-refractivity contribution >= 4 is 16.9 Å². The molecule has 3 N–H and O–H groups in total. The van der Waals surface area contributed by atoms with Gasteiger partial charge in [0.1, 0.15) is 11.5 Å². The van der Waals surface area contributed by atoms with Crippen LogP contribution in [0.15, 0.2) is 30.3 Å². The monoisotopic (exact) mass is 377 g/mol. The maximum absolute atomic E-state index is 12.4. The highest BCUT2D eigenvalue weighted by atomic mass is 16.1. The summed E-state index contributed by atoms with van der Waals surface area (Å²) in [6, 6.07) is 9.72. The summed E-state index contributed by atoms with van der Waals surface area (Å²) >= 11 is 0. The number of hydrogen-bond donors (Lipinski definition) is 3. The predicted molar refractivity (Wildman–Crippen MR) is 107 cm³/mol. The number of imidazole rings is 1. The number of carbonyl (C=O) groups excluding carboxylic acids is 1. The van der Waals surface area contributed by atoms with E-state index in [-0.39, 0.29) is 5.91 Å². The van der Waals surface area contributed by atoms with Gasteiger partial charge < -0.3 is 10.3 Å². The van der Waals surface area contributed by atoms with E-state index in [1.54, 1.807) is 6.07 Å². The molecule has 0 aliphatic rings. The number of H-pyrrole nitrogens is 2. The topological polar surface area (TPSA) is 104 Å². The van der Waals surface area contributed by atoms with Crippen LogP contribution in [0.1, 0.15) is 34.1 Å². The van der Waals surface area contributed by atoms with E-state index in [4.69, 9.17) is 0 Å². The summed E-state index contributed by atoms with van der Waals surface area (Å²) in [6.45, 7) is 4.49. The number of benzene rings is 1. The van der Waals surface area contributed by atoms with Crippen molar-refractivity contribution < 1.29 is 4.79 Å². The molecule has 3 heterocycles. The first kappa shape index (κ1) is 18.0. The molecular formula is C20H23N7O. The number of nitrogens with one attached hydrogen (secondary N) is 3. The van der Waals surface area contributed by atoms with Crippen LogP contribution in [-0.4, -0.2) is 42.4 Å². The van der Waals surface area contributed by atoms with E-state index >= 15 is 0 Å². The number of carbonyl (C=O) groups is 1. The fourth-order valence-corrected chi connectivity index (χ4v) is 3.39.